The third-order valence-corrected chi connectivity index (χ3v) is 5.53. The van der Waals surface area contributed by atoms with E-state index in [1.807, 2.05) is 53.4 Å². The number of benzene rings is 2. The highest BCUT2D eigenvalue weighted by atomic mass is 16.5. The summed E-state index contributed by atoms with van der Waals surface area (Å²) < 4.78 is 5.38. The molecule has 2 aliphatic heterocycles. The molecule has 0 bridgehead atoms. The molecule has 29 heavy (non-hydrogen) atoms. The van der Waals surface area contributed by atoms with E-state index in [2.05, 4.69) is 10.2 Å². The van der Waals surface area contributed by atoms with Crippen molar-refractivity contribution in [1.29, 1.82) is 0 Å². The minimum Gasteiger partial charge on any atom is -0.378 e. The predicted octanol–water partition coefficient (Wildman–Crippen LogP) is 2.58. The highest BCUT2D eigenvalue weighted by Crippen LogP contribution is 2.17. The lowest BCUT2D eigenvalue weighted by Crippen LogP contribution is -2.36. The lowest BCUT2D eigenvalue weighted by Gasteiger charge is -2.28. The molecular formula is C23H27N3O3. The maximum Gasteiger partial charge on any atom is 0.251 e. The van der Waals surface area contributed by atoms with E-state index in [4.69, 9.17) is 4.74 Å². The highest BCUT2D eigenvalue weighted by molar-refractivity contribution is 5.94. The van der Waals surface area contributed by atoms with Gasteiger partial charge in [-0.3, -0.25) is 9.59 Å². The Morgan fingerprint density at radius 1 is 0.931 bits per heavy atom. The van der Waals surface area contributed by atoms with Gasteiger partial charge in [-0.05, 0) is 41.8 Å². The number of ether oxygens (including phenoxy) is 1. The van der Waals surface area contributed by atoms with E-state index >= 15 is 0 Å². The van der Waals surface area contributed by atoms with Gasteiger partial charge in [0.15, 0.2) is 0 Å². The van der Waals surface area contributed by atoms with Crippen LogP contribution < -0.4 is 10.2 Å². The number of rotatable bonds is 6. The Kier molecular flexibility index (Phi) is 6.10. The molecule has 0 radical (unpaired) electrons. The van der Waals surface area contributed by atoms with Crippen molar-refractivity contribution in [2.24, 2.45) is 0 Å². The molecule has 0 aliphatic carbocycles. The summed E-state index contributed by atoms with van der Waals surface area (Å²) in [5.74, 6) is 0.159. The molecule has 4 rings (SSSR count). The molecule has 0 unspecified atom stereocenters. The second-order valence-electron chi connectivity index (χ2n) is 7.56. The molecule has 0 saturated carbocycles. The monoisotopic (exact) mass is 393 g/mol. The predicted molar refractivity (Wildman–Crippen MR) is 112 cm³/mol. The van der Waals surface area contributed by atoms with Gasteiger partial charge < -0.3 is 19.9 Å². The molecule has 0 spiro atoms. The minimum atomic E-state index is -0.0785. The standard InChI is InChI=1S/C23H27N3O3/c27-22-2-1-11-26(22)17-19-5-3-18(4-6-19)16-24-23(28)20-7-9-21(10-8-20)25-12-14-29-15-13-25/h3-10H,1-2,11-17H2,(H,24,28). The highest BCUT2D eigenvalue weighted by Gasteiger charge is 2.19. The Bertz CT molecular complexity index is 843. The van der Waals surface area contributed by atoms with E-state index in [1.165, 1.54) is 0 Å². The van der Waals surface area contributed by atoms with Gasteiger partial charge in [0.05, 0.1) is 13.2 Å². The zero-order valence-corrected chi connectivity index (χ0v) is 16.6. The first kappa shape index (κ1) is 19.5. The van der Waals surface area contributed by atoms with Crippen LogP contribution in [0.4, 0.5) is 5.69 Å². The Morgan fingerprint density at radius 3 is 2.28 bits per heavy atom. The van der Waals surface area contributed by atoms with Crippen LogP contribution in [0.25, 0.3) is 0 Å². The number of morpholine rings is 1. The molecule has 2 amide bonds. The van der Waals surface area contributed by atoms with Crippen molar-refractivity contribution >= 4 is 17.5 Å². The molecule has 1 N–H and O–H groups in total. The average Bonchev–Trinajstić information content (AvgIpc) is 3.18. The number of likely N-dealkylation sites (tertiary alicyclic amines) is 1. The normalized spacial score (nSPS) is 16.9. The van der Waals surface area contributed by atoms with Gasteiger partial charge in [0, 0.05) is 50.4 Å². The summed E-state index contributed by atoms with van der Waals surface area (Å²) in [6, 6.07) is 15.8. The van der Waals surface area contributed by atoms with Gasteiger partial charge in [-0.25, -0.2) is 0 Å². The molecule has 2 saturated heterocycles. The van der Waals surface area contributed by atoms with E-state index in [-0.39, 0.29) is 11.8 Å². The summed E-state index contributed by atoms with van der Waals surface area (Å²) in [7, 11) is 0. The SMILES string of the molecule is O=C(NCc1ccc(CN2CCCC2=O)cc1)c1ccc(N2CCOCC2)cc1. The average molecular weight is 393 g/mol. The molecule has 0 aromatic heterocycles. The Labute approximate surface area is 171 Å². The van der Waals surface area contributed by atoms with Crippen LogP contribution in [0.5, 0.6) is 0 Å². The van der Waals surface area contributed by atoms with Crippen LogP contribution in [0.2, 0.25) is 0 Å². The molecule has 2 aromatic rings. The van der Waals surface area contributed by atoms with E-state index in [0.717, 1.165) is 56.1 Å². The van der Waals surface area contributed by atoms with Gasteiger partial charge in [-0.2, -0.15) is 0 Å². The van der Waals surface area contributed by atoms with Crippen LogP contribution in [0.15, 0.2) is 48.5 Å². The van der Waals surface area contributed by atoms with Crippen molar-refractivity contribution in [3.63, 3.8) is 0 Å². The van der Waals surface area contributed by atoms with Crippen LogP contribution in [0, 0.1) is 0 Å². The molecule has 2 aliphatic rings. The second kappa shape index (κ2) is 9.09. The van der Waals surface area contributed by atoms with Crippen molar-refractivity contribution in [2.45, 2.75) is 25.9 Å². The number of nitrogens with one attached hydrogen (secondary N) is 1. The van der Waals surface area contributed by atoms with Crippen molar-refractivity contribution < 1.29 is 14.3 Å². The fourth-order valence-electron chi connectivity index (χ4n) is 3.78. The van der Waals surface area contributed by atoms with Gasteiger partial charge in [-0.15, -0.1) is 0 Å². The van der Waals surface area contributed by atoms with E-state index < -0.39 is 0 Å². The zero-order valence-electron chi connectivity index (χ0n) is 16.6. The molecule has 2 heterocycles. The van der Waals surface area contributed by atoms with Crippen LogP contribution in [0.1, 0.15) is 34.3 Å². The van der Waals surface area contributed by atoms with Gasteiger partial charge in [0.2, 0.25) is 5.91 Å². The Balaban J connectivity index is 1.28. The van der Waals surface area contributed by atoms with E-state index in [1.54, 1.807) is 0 Å². The van der Waals surface area contributed by atoms with Gasteiger partial charge in [0.25, 0.3) is 5.91 Å². The topological polar surface area (TPSA) is 61.9 Å². The Hall–Kier alpha value is -2.86. The first-order valence-electron chi connectivity index (χ1n) is 10.3. The zero-order chi connectivity index (χ0) is 20.1. The van der Waals surface area contributed by atoms with Gasteiger partial charge >= 0.3 is 0 Å². The molecule has 2 aromatic carbocycles. The lowest BCUT2D eigenvalue weighted by molar-refractivity contribution is -0.128. The number of anilines is 1. The van der Waals surface area contributed by atoms with Crippen molar-refractivity contribution in [3.8, 4) is 0 Å². The molecule has 2 fully saturated rings. The van der Waals surface area contributed by atoms with Gasteiger partial charge in [-0.1, -0.05) is 24.3 Å². The largest absolute Gasteiger partial charge is 0.378 e. The maximum absolute atomic E-state index is 12.4. The fourth-order valence-corrected chi connectivity index (χ4v) is 3.78. The third-order valence-electron chi connectivity index (χ3n) is 5.53. The third kappa shape index (κ3) is 4.95. The maximum atomic E-state index is 12.4. The summed E-state index contributed by atoms with van der Waals surface area (Å²) >= 11 is 0. The first-order chi connectivity index (χ1) is 14.2. The number of hydrogen-bond acceptors (Lipinski definition) is 4. The fraction of sp³-hybridized carbons (Fsp3) is 0.391. The van der Waals surface area contributed by atoms with Crippen LogP contribution in [-0.2, 0) is 22.6 Å². The van der Waals surface area contributed by atoms with Crippen LogP contribution >= 0.6 is 0 Å². The number of amides is 2. The summed E-state index contributed by atoms with van der Waals surface area (Å²) in [4.78, 5) is 28.4. The lowest BCUT2D eigenvalue weighted by atomic mass is 10.1. The summed E-state index contributed by atoms with van der Waals surface area (Å²) in [5.41, 5.74) is 3.94. The smallest absolute Gasteiger partial charge is 0.251 e. The molecule has 6 nitrogen and oxygen atoms in total. The summed E-state index contributed by atoms with van der Waals surface area (Å²) in [5, 5.41) is 2.98. The first-order valence-corrected chi connectivity index (χ1v) is 10.3. The number of carbonyl (C=O) groups excluding carboxylic acids is 2. The van der Waals surface area contributed by atoms with Gasteiger partial charge in [0.1, 0.15) is 0 Å². The summed E-state index contributed by atoms with van der Waals surface area (Å²) in [6.45, 7) is 5.25. The van der Waals surface area contributed by atoms with Crippen molar-refractivity contribution in [1.82, 2.24) is 10.2 Å². The van der Waals surface area contributed by atoms with Crippen LogP contribution in [-0.4, -0.2) is 49.6 Å². The number of hydrogen-bond donors (Lipinski definition) is 1. The van der Waals surface area contributed by atoms with E-state index in [0.29, 0.717) is 25.1 Å². The molecule has 6 heteroatoms. The second-order valence-corrected chi connectivity index (χ2v) is 7.56. The molecule has 0 atom stereocenters. The van der Waals surface area contributed by atoms with Crippen molar-refractivity contribution in [2.75, 3.05) is 37.7 Å². The number of carbonyl (C=O) groups is 2. The molecule has 152 valence electrons. The minimum absolute atomic E-state index is 0.0785. The van der Waals surface area contributed by atoms with E-state index in [9.17, 15) is 9.59 Å². The summed E-state index contributed by atoms with van der Waals surface area (Å²) in [6.07, 6.45) is 1.62. The van der Waals surface area contributed by atoms with Crippen molar-refractivity contribution in [3.05, 3.63) is 65.2 Å². The number of nitrogens with zero attached hydrogens (tertiary/aromatic N) is 2. The Morgan fingerprint density at radius 2 is 1.62 bits per heavy atom. The quantitative estimate of drug-likeness (QED) is 0.820. The molecular weight excluding hydrogens is 366 g/mol. The van der Waals surface area contributed by atoms with Crippen LogP contribution in [0.3, 0.4) is 0 Å².